The van der Waals surface area contributed by atoms with E-state index in [1.54, 1.807) is 23.5 Å². The van der Waals surface area contributed by atoms with E-state index in [-0.39, 0.29) is 12.1 Å². The van der Waals surface area contributed by atoms with E-state index in [2.05, 4.69) is 18.5 Å². The van der Waals surface area contributed by atoms with Crippen molar-refractivity contribution in [2.75, 3.05) is 33.8 Å². The molecule has 1 fully saturated rings. The summed E-state index contributed by atoms with van der Waals surface area (Å²) in [4.78, 5) is 2.66. The molecular formula is C27H40N2O3S. The first-order valence-electron chi connectivity index (χ1n) is 12.3. The molecule has 1 saturated carbocycles. The summed E-state index contributed by atoms with van der Waals surface area (Å²) >= 11 is 0. The Morgan fingerprint density at radius 3 is 2.39 bits per heavy atom. The van der Waals surface area contributed by atoms with Crippen molar-refractivity contribution in [3.8, 4) is 0 Å². The van der Waals surface area contributed by atoms with Crippen molar-refractivity contribution < 1.29 is 13.2 Å². The average molecular weight is 473 g/mol. The molecule has 0 heterocycles. The molecule has 1 aliphatic carbocycles. The predicted molar refractivity (Wildman–Crippen MR) is 137 cm³/mol. The number of unbranched alkanes of at least 4 members (excludes halogenated alkanes) is 3. The van der Waals surface area contributed by atoms with E-state index in [4.69, 9.17) is 4.74 Å². The summed E-state index contributed by atoms with van der Waals surface area (Å²) in [6, 6.07) is 13.3. The maximum Gasteiger partial charge on any atom is 0.243 e. The highest BCUT2D eigenvalue weighted by molar-refractivity contribution is 7.89. The summed E-state index contributed by atoms with van der Waals surface area (Å²) < 4.78 is 34.1. The minimum absolute atomic E-state index is 0.0360. The third kappa shape index (κ3) is 7.38. The van der Waals surface area contributed by atoms with Gasteiger partial charge < -0.3 is 9.64 Å². The molecule has 0 spiro atoms. The zero-order chi connectivity index (χ0) is 23.7. The van der Waals surface area contributed by atoms with Crippen LogP contribution in [0.25, 0.3) is 10.8 Å². The van der Waals surface area contributed by atoms with Gasteiger partial charge in [0, 0.05) is 26.2 Å². The highest BCUT2D eigenvalue weighted by atomic mass is 32.2. The summed E-state index contributed by atoms with van der Waals surface area (Å²) in [6.45, 7) is 6.65. The number of likely N-dealkylation sites (N-methyl/N-ethyl adjacent to an activating group) is 1. The second-order valence-electron chi connectivity index (χ2n) is 9.30. The van der Waals surface area contributed by atoms with Crippen LogP contribution in [0.1, 0.15) is 51.4 Å². The maximum absolute atomic E-state index is 13.2. The van der Waals surface area contributed by atoms with Crippen molar-refractivity contribution in [3.63, 3.8) is 0 Å². The van der Waals surface area contributed by atoms with Crippen molar-refractivity contribution in [1.29, 1.82) is 0 Å². The van der Waals surface area contributed by atoms with Gasteiger partial charge in [-0.25, -0.2) is 8.42 Å². The zero-order valence-corrected chi connectivity index (χ0v) is 21.1. The Morgan fingerprint density at radius 1 is 0.970 bits per heavy atom. The SMILES string of the molecule is C=CCN(C)CCCCCCOC1CCC(N(C)S(=O)(=O)c2ccc3ccccc3c2)CC1. The molecule has 0 atom stereocenters. The fraction of sp³-hybridized carbons (Fsp3) is 0.556. The van der Waals surface area contributed by atoms with Crippen molar-refractivity contribution in [2.24, 2.45) is 0 Å². The van der Waals surface area contributed by atoms with Crippen LogP contribution in [0.5, 0.6) is 0 Å². The highest BCUT2D eigenvalue weighted by Crippen LogP contribution is 2.29. The van der Waals surface area contributed by atoms with Gasteiger partial charge in [-0.15, -0.1) is 6.58 Å². The van der Waals surface area contributed by atoms with E-state index in [0.717, 1.165) is 62.6 Å². The fourth-order valence-electron chi connectivity index (χ4n) is 4.66. The molecule has 0 N–H and O–H groups in total. The van der Waals surface area contributed by atoms with Crippen LogP contribution in [0.15, 0.2) is 60.0 Å². The summed E-state index contributed by atoms with van der Waals surface area (Å²) in [6.07, 6.45) is 10.5. The molecule has 0 aromatic heterocycles. The van der Waals surface area contributed by atoms with Crippen LogP contribution >= 0.6 is 0 Å². The Morgan fingerprint density at radius 2 is 1.67 bits per heavy atom. The first-order chi connectivity index (χ1) is 15.9. The van der Waals surface area contributed by atoms with E-state index < -0.39 is 10.0 Å². The third-order valence-corrected chi connectivity index (χ3v) is 8.69. The second-order valence-corrected chi connectivity index (χ2v) is 11.3. The second kappa shape index (κ2) is 12.7. The van der Waals surface area contributed by atoms with Gasteiger partial charge in [0.25, 0.3) is 0 Å². The van der Waals surface area contributed by atoms with Crippen LogP contribution in [0, 0.1) is 0 Å². The third-order valence-electron chi connectivity index (χ3n) is 6.78. The highest BCUT2D eigenvalue weighted by Gasteiger charge is 2.31. The van der Waals surface area contributed by atoms with Crippen LogP contribution in [-0.2, 0) is 14.8 Å². The molecule has 0 aliphatic heterocycles. The molecule has 33 heavy (non-hydrogen) atoms. The van der Waals surface area contributed by atoms with E-state index in [1.807, 2.05) is 36.4 Å². The van der Waals surface area contributed by atoms with E-state index in [1.165, 1.54) is 19.3 Å². The molecule has 2 aromatic carbocycles. The van der Waals surface area contributed by atoms with Crippen LogP contribution in [0.2, 0.25) is 0 Å². The van der Waals surface area contributed by atoms with Gasteiger partial charge in [-0.05, 0) is 75.0 Å². The molecule has 2 aromatic rings. The number of hydrogen-bond donors (Lipinski definition) is 0. The topological polar surface area (TPSA) is 49.9 Å². The maximum atomic E-state index is 13.2. The fourth-order valence-corrected chi connectivity index (χ4v) is 6.12. The Balaban J connectivity index is 1.38. The summed E-state index contributed by atoms with van der Waals surface area (Å²) in [5, 5.41) is 2.00. The number of fused-ring (bicyclic) bond motifs is 1. The number of hydrogen-bond acceptors (Lipinski definition) is 4. The van der Waals surface area contributed by atoms with Gasteiger partial charge in [0.15, 0.2) is 0 Å². The van der Waals surface area contributed by atoms with Gasteiger partial charge in [-0.2, -0.15) is 4.31 Å². The van der Waals surface area contributed by atoms with E-state index in [0.29, 0.717) is 4.90 Å². The molecular weight excluding hydrogens is 432 g/mol. The number of benzene rings is 2. The zero-order valence-electron chi connectivity index (χ0n) is 20.3. The summed E-state index contributed by atoms with van der Waals surface area (Å²) in [5.74, 6) is 0. The van der Waals surface area contributed by atoms with Gasteiger partial charge >= 0.3 is 0 Å². The van der Waals surface area contributed by atoms with Crippen LogP contribution in [0.4, 0.5) is 0 Å². The molecule has 0 bridgehead atoms. The Labute approximate surface area is 200 Å². The average Bonchev–Trinajstić information content (AvgIpc) is 2.83. The number of ether oxygens (including phenoxy) is 1. The van der Waals surface area contributed by atoms with E-state index in [9.17, 15) is 8.42 Å². The molecule has 0 radical (unpaired) electrons. The first kappa shape index (κ1) is 25.9. The summed E-state index contributed by atoms with van der Waals surface area (Å²) in [5.41, 5.74) is 0. The number of sulfonamides is 1. The molecule has 5 nitrogen and oxygen atoms in total. The van der Waals surface area contributed by atoms with Crippen LogP contribution < -0.4 is 0 Å². The standard InChI is InChI=1S/C27H40N2O3S/c1-4-19-28(2)20-9-5-6-10-21-32-26-16-14-25(15-17-26)29(3)33(30,31)27-18-13-23-11-7-8-12-24(23)22-27/h4,7-8,11-13,18,22,25-26H,1,5-6,9-10,14-17,19-21H2,2-3H3. The molecule has 1 aliphatic rings. The minimum Gasteiger partial charge on any atom is -0.378 e. The molecule has 3 rings (SSSR count). The van der Waals surface area contributed by atoms with Crippen LogP contribution in [0.3, 0.4) is 0 Å². The quantitative estimate of drug-likeness (QED) is 0.287. The van der Waals surface area contributed by atoms with Crippen molar-refractivity contribution in [1.82, 2.24) is 9.21 Å². The molecule has 6 heteroatoms. The monoisotopic (exact) mass is 472 g/mol. The van der Waals surface area contributed by atoms with Gasteiger partial charge in [0.05, 0.1) is 11.0 Å². The lowest BCUT2D eigenvalue weighted by Gasteiger charge is -2.34. The van der Waals surface area contributed by atoms with Gasteiger partial charge in [0.1, 0.15) is 0 Å². The minimum atomic E-state index is -3.50. The first-order valence-corrected chi connectivity index (χ1v) is 13.7. The smallest absolute Gasteiger partial charge is 0.243 e. The lowest BCUT2D eigenvalue weighted by Crippen LogP contribution is -2.40. The van der Waals surface area contributed by atoms with Crippen molar-refractivity contribution in [3.05, 3.63) is 55.1 Å². The largest absolute Gasteiger partial charge is 0.378 e. The Hall–Kier alpha value is -1.73. The molecule has 0 amide bonds. The Bertz CT molecular complexity index is 984. The lowest BCUT2D eigenvalue weighted by molar-refractivity contribution is 0.0156. The molecule has 182 valence electrons. The van der Waals surface area contributed by atoms with Crippen molar-refractivity contribution >= 4 is 20.8 Å². The summed E-state index contributed by atoms with van der Waals surface area (Å²) in [7, 11) is 0.352. The van der Waals surface area contributed by atoms with Crippen molar-refractivity contribution in [2.45, 2.75) is 68.4 Å². The normalized spacial score (nSPS) is 19.4. The van der Waals surface area contributed by atoms with E-state index >= 15 is 0 Å². The Kier molecular flexibility index (Phi) is 9.93. The predicted octanol–water partition coefficient (Wildman–Crippen LogP) is 5.47. The number of rotatable bonds is 13. The molecule has 0 unspecified atom stereocenters. The van der Waals surface area contributed by atoms with Gasteiger partial charge in [-0.3, -0.25) is 0 Å². The molecule has 0 saturated heterocycles. The number of nitrogens with zero attached hydrogens (tertiary/aromatic N) is 2. The van der Waals surface area contributed by atoms with Gasteiger partial charge in [-0.1, -0.05) is 49.2 Å². The van der Waals surface area contributed by atoms with Crippen LogP contribution in [-0.4, -0.2) is 63.6 Å². The lowest BCUT2D eigenvalue weighted by atomic mass is 9.93. The van der Waals surface area contributed by atoms with Gasteiger partial charge in [0.2, 0.25) is 10.0 Å².